The third kappa shape index (κ3) is 3.01. The molecule has 1 nitrogen and oxygen atoms in total. The van der Waals surface area contributed by atoms with Gasteiger partial charge < -0.3 is 5.32 Å². The highest BCUT2D eigenvalue weighted by Gasteiger charge is 2.23. The maximum absolute atomic E-state index is 3.67. The average Bonchev–Trinajstić information content (AvgIpc) is 2.30. The molecule has 0 saturated heterocycles. The number of nitrogens with one attached hydrogen (secondary N) is 1. The highest BCUT2D eigenvalue weighted by molar-refractivity contribution is 5.43. The highest BCUT2D eigenvalue weighted by Crippen LogP contribution is 2.31. The van der Waals surface area contributed by atoms with Crippen LogP contribution in [0.4, 0.5) is 5.69 Å². The molecule has 0 spiro atoms. The molecule has 16 heavy (non-hydrogen) atoms. The van der Waals surface area contributed by atoms with Crippen molar-refractivity contribution in [2.75, 3.05) is 5.32 Å². The maximum atomic E-state index is 3.67. The molecule has 1 N–H and O–H groups in total. The number of hydrogen-bond acceptors (Lipinski definition) is 1. The van der Waals surface area contributed by atoms with Crippen LogP contribution in [0, 0.1) is 11.8 Å². The Kier molecular flexibility index (Phi) is 3.87. The van der Waals surface area contributed by atoms with Crippen molar-refractivity contribution >= 4 is 5.69 Å². The first-order valence-electron chi connectivity index (χ1n) is 6.57. The van der Waals surface area contributed by atoms with Crippen LogP contribution in [-0.4, -0.2) is 6.04 Å². The molecular formula is C15H23N. The van der Waals surface area contributed by atoms with E-state index in [1.807, 2.05) is 0 Å². The van der Waals surface area contributed by atoms with Crippen molar-refractivity contribution in [1.82, 2.24) is 0 Å². The molecule has 0 unspecified atom stereocenters. The van der Waals surface area contributed by atoms with Gasteiger partial charge in [-0.2, -0.15) is 0 Å². The number of rotatable bonds is 3. The first-order valence-corrected chi connectivity index (χ1v) is 6.57. The lowest BCUT2D eigenvalue weighted by atomic mass is 9.79. The Hall–Kier alpha value is -0.980. The summed E-state index contributed by atoms with van der Waals surface area (Å²) in [6.07, 6.45) is 5.47. The Morgan fingerprint density at radius 2 is 1.88 bits per heavy atom. The Balaban J connectivity index is 1.90. The molecule has 0 aromatic heterocycles. The monoisotopic (exact) mass is 217 g/mol. The van der Waals surface area contributed by atoms with E-state index in [0.29, 0.717) is 6.04 Å². The first kappa shape index (κ1) is 11.5. The minimum Gasteiger partial charge on any atom is -0.382 e. The van der Waals surface area contributed by atoms with Crippen molar-refractivity contribution in [1.29, 1.82) is 0 Å². The van der Waals surface area contributed by atoms with Gasteiger partial charge in [0.25, 0.3) is 0 Å². The van der Waals surface area contributed by atoms with Crippen LogP contribution >= 0.6 is 0 Å². The molecule has 1 aliphatic carbocycles. The average molecular weight is 217 g/mol. The fourth-order valence-electron chi connectivity index (χ4n) is 2.73. The Labute approximate surface area is 99.3 Å². The zero-order valence-electron chi connectivity index (χ0n) is 10.4. The van der Waals surface area contributed by atoms with Crippen LogP contribution in [0.1, 0.15) is 39.5 Å². The summed E-state index contributed by atoms with van der Waals surface area (Å²) in [5.41, 5.74) is 1.27. The summed E-state index contributed by atoms with van der Waals surface area (Å²) in [6.45, 7) is 4.71. The van der Waals surface area contributed by atoms with Gasteiger partial charge in [-0.05, 0) is 36.8 Å². The molecule has 88 valence electrons. The predicted molar refractivity (Wildman–Crippen MR) is 70.6 cm³/mol. The Morgan fingerprint density at radius 3 is 2.56 bits per heavy atom. The van der Waals surface area contributed by atoms with Gasteiger partial charge in [-0.15, -0.1) is 0 Å². The van der Waals surface area contributed by atoms with E-state index in [1.54, 1.807) is 0 Å². The molecule has 1 heteroatoms. The van der Waals surface area contributed by atoms with Crippen LogP contribution in [-0.2, 0) is 0 Å². The van der Waals surface area contributed by atoms with Gasteiger partial charge in [-0.3, -0.25) is 0 Å². The maximum Gasteiger partial charge on any atom is 0.0342 e. The summed E-state index contributed by atoms with van der Waals surface area (Å²) in [7, 11) is 0. The third-order valence-electron chi connectivity index (χ3n) is 3.80. The van der Waals surface area contributed by atoms with E-state index in [-0.39, 0.29) is 0 Å². The van der Waals surface area contributed by atoms with Crippen LogP contribution in [0.2, 0.25) is 0 Å². The molecule has 1 saturated carbocycles. The molecule has 0 amide bonds. The van der Waals surface area contributed by atoms with Crippen molar-refractivity contribution in [2.45, 2.75) is 45.6 Å². The van der Waals surface area contributed by atoms with Gasteiger partial charge >= 0.3 is 0 Å². The minimum absolute atomic E-state index is 0.684. The highest BCUT2D eigenvalue weighted by atomic mass is 14.9. The molecule has 0 bridgehead atoms. The van der Waals surface area contributed by atoms with E-state index in [4.69, 9.17) is 0 Å². The molecule has 0 aliphatic heterocycles. The second kappa shape index (κ2) is 5.38. The topological polar surface area (TPSA) is 12.0 Å². The number of hydrogen-bond donors (Lipinski definition) is 1. The molecule has 2 atom stereocenters. The first-order chi connectivity index (χ1) is 7.75. The molecule has 1 aromatic carbocycles. The number of benzene rings is 1. The fraction of sp³-hybridized carbons (Fsp3) is 0.600. The van der Waals surface area contributed by atoms with Crippen LogP contribution in [0.15, 0.2) is 30.3 Å². The molecule has 2 rings (SSSR count). The van der Waals surface area contributed by atoms with Gasteiger partial charge in [0.05, 0.1) is 0 Å². The van der Waals surface area contributed by atoms with E-state index >= 15 is 0 Å². The summed E-state index contributed by atoms with van der Waals surface area (Å²) in [4.78, 5) is 0. The largest absolute Gasteiger partial charge is 0.382 e. The van der Waals surface area contributed by atoms with Crippen molar-refractivity contribution in [3.05, 3.63) is 30.3 Å². The zero-order chi connectivity index (χ0) is 11.4. The third-order valence-corrected chi connectivity index (χ3v) is 3.80. The molecule has 0 radical (unpaired) electrons. The van der Waals surface area contributed by atoms with Crippen molar-refractivity contribution in [2.24, 2.45) is 11.8 Å². The smallest absolute Gasteiger partial charge is 0.0342 e. The second-order valence-corrected chi connectivity index (χ2v) is 5.38. The SMILES string of the molecule is CC(C)[C@@H]1CCC[C@H](Nc2ccccc2)C1. The summed E-state index contributed by atoms with van der Waals surface area (Å²) >= 11 is 0. The standard InChI is InChI=1S/C15H23N/c1-12(2)13-7-6-10-15(11-13)16-14-8-4-3-5-9-14/h3-5,8-9,12-13,15-16H,6-7,10-11H2,1-2H3/t13-,15+/m1/s1. The number of anilines is 1. The molecule has 1 fully saturated rings. The number of para-hydroxylation sites is 1. The molecule has 0 heterocycles. The normalized spacial score (nSPS) is 25.7. The van der Waals surface area contributed by atoms with Gasteiger partial charge in [-0.1, -0.05) is 44.9 Å². The lowest BCUT2D eigenvalue weighted by molar-refractivity contribution is 0.264. The molecular weight excluding hydrogens is 194 g/mol. The summed E-state index contributed by atoms with van der Waals surface area (Å²) in [5, 5.41) is 3.67. The van der Waals surface area contributed by atoms with Crippen molar-refractivity contribution in [3.63, 3.8) is 0 Å². The summed E-state index contributed by atoms with van der Waals surface area (Å²) in [5.74, 6) is 1.75. The van der Waals surface area contributed by atoms with Crippen LogP contribution in [0.3, 0.4) is 0 Å². The second-order valence-electron chi connectivity index (χ2n) is 5.38. The predicted octanol–water partition coefficient (Wildman–Crippen LogP) is 4.31. The lowest BCUT2D eigenvalue weighted by Gasteiger charge is -2.32. The van der Waals surface area contributed by atoms with E-state index in [2.05, 4.69) is 49.5 Å². The van der Waals surface area contributed by atoms with Crippen LogP contribution in [0.5, 0.6) is 0 Å². The summed E-state index contributed by atoms with van der Waals surface area (Å²) < 4.78 is 0. The van der Waals surface area contributed by atoms with Crippen molar-refractivity contribution in [3.8, 4) is 0 Å². The van der Waals surface area contributed by atoms with Gasteiger partial charge in [0.2, 0.25) is 0 Å². The van der Waals surface area contributed by atoms with Gasteiger partial charge in [0, 0.05) is 11.7 Å². The van der Waals surface area contributed by atoms with E-state index in [9.17, 15) is 0 Å². The lowest BCUT2D eigenvalue weighted by Crippen LogP contribution is -2.29. The zero-order valence-corrected chi connectivity index (χ0v) is 10.4. The van der Waals surface area contributed by atoms with Gasteiger partial charge in [0.1, 0.15) is 0 Å². The Morgan fingerprint density at radius 1 is 1.12 bits per heavy atom. The van der Waals surface area contributed by atoms with Crippen LogP contribution in [0.25, 0.3) is 0 Å². The van der Waals surface area contributed by atoms with E-state index in [0.717, 1.165) is 11.8 Å². The van der Waals surface area contributed by atoms with Crippen molar-refractivity contribution < 1.29 is 0 Å². The Bertz CT molecular complexity index is 304. The molecule has 1 aromatic rings. The quantitative estimate of drug-likeness (QED) is 0.795. The summed E-state index contributed by atoms with van der Waals surface area (Å²) in [6, 6.07) is 11.3. The molecule has 1 aliphatic rings. The fourth-order valence-corrected chi connectivity index (χ4v) is 2.73. The van der Waals surface area contributed by atoms with Crippen LogP contribution < -0.4 is 5.32 Å². The van der Waals surface area contributed by atoms with Gasteiger partial charge in [0.15, 0.2) is 0 Å². The van der Waals surface area contributed by atoms with E-state index in [1.165, 1.54) is 31.4 Å². The van der Waals surface area contributed by atoms with E-state index < -0.39 is 0 Å². The van der Waals surface area contributed by atoms with Gasteiger partial charge in [-0.25, -0.2) is 0 Å². The minimum atomic E-state index is 0.684.